The van der Waals surface area contributed by atoms with Gasteiger partial charge in [-0.25, -0.2) is 0 Å². The third-order valence-electron chi connectivity index (χ3n) is 3.24. The van der Waals surface area contributed by atoms with E-state index < -0.39 is 0 Å². The van der Waals surface area contributed by atoms with E-state index in [1.54, 1.807) is 13.3 Å². The fourth-order valence-corrected chi connectivity index (χ4v) is 2.57. The van der Waals surface area contributed by atoms with Crippen molar-refractivity contribution in [3.63, 3.8) is 0 Å². The largest absolute Gasteiger partial charge is 0.496 e. The van der Waals surface area contributed by atoms with Crippen LogP contribution in [0.25, 0.3) is 22.0 Å². The molecule has 2 aromatic carbocycles. The van der Waals surface area contributed by atoms with Gasteiger partial charge in [0.2, 0.25) is 0 Å². The summed E-state index contributed by atoms with van der Waals surface area (Å²) in [5.41, 5.74) is 9.18. The molecule has 0 saturated heterocycles. The van der Waals surface area contributed by atoms with Crippen LogP contribution in [0.15, 0.2) is 48.7 Å². The predicted molar refractivity (Wildman–Crippen MR) is 83.2 cm³/mol. The molecular formula is C16H13ClN2O. The highest BCUT2D eigenvalue weighted by atomic mass is 35.5. The normalized spacial score (nSPS) is 10.7. The molecule has 0 fully saturated rings. The van der Waals surface area contributed by atoms with E-state index >= 15 is 0 Å². The smallest absolute Gasteiger partial charge is 0.127 e. The molecule has 0 spiro atoms. The van der Waals surface area contributed by atoms with E-state index in [9.17, 15) is 0 Å². The van der Waals surface area contributed by atoms with Crippen molar-refractivity contribution in [3.05, 3.63) is 53.7 Å². The van der Waals surface area contributed by atoms with Crippen LogP contribution in [-0.2, 0) is 0 Å². The van der Waals surface area contributed by atoms with Gasteiger partial charge in [-0.1, -0.05) is 23.7 Å². The number of nitrogens with zero attached hydrogens (tertiary/aromatic N) is 1. The summed E-state index contributed by atoms with van der Waals surface area (Å²) in [6.45, 7) is 0. The van der Waals surface area contributed by atoms with Crippen LogP contribution in [0.2, 0.25) is 5.02 Å². The van der Waals surface area contributed by atoms with Crippen molar-refractivity contribution in [1.29, 1.82) is 0 Å². The van der Waals surface area contributed by atoms with Crippen LogP contribution in [0.4, 0.5) is 5.69 Å². The Morgan fingerprint density at radius 3 is 2.75 bits per heavy atom. The van der Waals surface area contributed by atoms with Crippen LogP contribution in [0.5, 0.6) is 5.75 Å². The highest BCUT2D eigenvalue weighted by molar-refractivity contribution is 6.34. The van der Waals surface area contributed by atoms with Crippen molar-refractivity contribution >= 4 is 28.2 Å². The summed E-state index contributed by atoms with van der Waals surface area (Å²) in [7, 11) is 1.63. The number of halogens is 1. The molecule has 0 radical (unpaired) electrons. The van der Waals surface area contributed by atoms with E-state index in [1.165, 1.54) is 0 Å². The third-order valence-corrected chi connectivity index (χ3v) is 3.55. The molecule has 0 aliphatic rings. The first-order valence-corrected chi connectivity index (χ1v) is 6.55. The van der Waals surface area contributed by atoms with Crippen molar-refractivity contribution < 1.29 is 4.74 Å². The second kappa shape index (κ2) is 5.02. The number of benzene rings is 2. The summed E-state index contributed by atoms with van der Waals surface area (Å²) < 4.78 is 5.48. The summed E-state index contributed by atoms with van der Waals surface area (Å²) in [4.78, 5) is 4.36. The molecule has 1 heterocycles. The van der Waals surface area contributed by atoms with Crippen molar-refractivity contribution in [2.24, 2.45) is 0 Å². The van der Waals surface area contributed by atoms with E-state index in [2.05, 4.69) is 4.98 Å². The highest BCUT2D eigenvalue weighted by Gasteiger charge is 2.14. The van der Waals surface area contributed by atoms with Gasteiger partial charge in [0.05, 0.1) is 17.6 Å². The third kappa shape index (κ3) is 2.06. The Balaban J connectivity index is 2.35. The average Bonchev–Trinajstić information content (AvgIpc) is 2.46. The van der Waals surface area contributed by atoms with Gasteiger partial charge in [0.15, 0.2) is 0 Å². The molecule has 0 aliphatic carbocycles. The summed E-state index contributed by atoms with van der Waals surface area (Å²) >= 11 is 6.29. The Morgan fingerprint density at radius 1 is 1.15 bits per heavy atom. The maximum atomic E-state index is 6.29. The van der Waals surface area contributed by atoms with Gasteiger partial charge in [-0.05, 0) is 30.3 Å². The van der Waals surface area contributed by atoms with E-state index in [0.29, 0.717) is 10.7 Å². The van der Waals surface area contributed by atoms with Crippen LogP contribution < -0.4 is 10.5 Å². The maximum Gasteiger partial charge on any atom is 0.127 e. The molecule has 3 rings (SSSR count). The van der Waals surface area contributed by atoms with E-state index in [4.69, 9.17) is 22.1 Å². The van der Waals surface area contributed by atoms with Crippen LogP contribution in [-0.4, -0.2) is 12.1 Å². The maximum absolute atomic E-state index is 6.29. The molecule has 0 atom stereocenters. The van der Waals surface area contributed by atoms with Gasteiger partial charge < -0.3 is 10.5 Å². The predicted octanol–water partition coefficient (Wildman–Crippen LogP) is 4.15. The SMILES string of the molecule is COc1cc2cccnc2cc1-c1c(N)cccc1Cl. The van der Waals surface area contributed by atoms with Crippen LogP contribution >= 0.6 is 11.6 Å². The zero-order valence-corrected chi connectivity index (χ0v) is 11.7. The van der Waals surface area contributed by atoms with Gasteiger partial charge in [-0.15, -0.1) is 0 Å². The molecule has 0 aliphatic heterocycles. The number of nitrogens with two attached hydrogens (primary N) is 1. The van der Waals surface area contributed by atoms with Gasteiger partial charge >= 0.3 is 0 Å². The lowest BCUT2D eigenvalue weighted by molar-refractivity contribution is 0.417. The van der Waals surface area contributed by atoms with Crippen molar-refractivity contribution in [2.75, 3.05) is 12.8 Å². The standard InChI is InChI=1S/C16H13ClN2O/c1-20-15-8-10-4-3-7-19-14(10)9-11(15)16-12(17)5-2-6-13(16)18/h2-9H,18H2,1H3. The zero-order chi connectivity index (χ0) is 14.1. The molecule has 4 heteroatoms. The fourth-order valence-electron chi connectivity index (χ4n) is 2.29. The monoisotopic (exact) mass is 284 g/mol. The number of nitrogen functional groups attached to an aromatic ring is 1. The summed E-state index contributed by atoms with van der Waals surface area (Å²) in [6.07, 6.45) is 1.76. The zero-order valence-electron chi connectivity index (χ0n) is 10.9. The molecule has 1 aromatic heterocycles. The van der Waals surface area contributed by atoms with E-state index in [1.807, 2.05) is 42.5 Å². The molecule has 100 valence electrons. The first-order chi connectivity index (χ1) is 9.70. The number of rotatable bonds is 2. The average molecular weight is 285 g/mol. The van der Waals surface area contributed by atoms with Crippen molar-refractivity contribution in [2.45, 2.75) is 0 Å². The molecule has 0 unspecified atom stereocenters. The number of methoxy groups -OCH3 is 1. The molecule has 0 amide bonds. The van der Waals surface area contributed by atoms with Crippen LogP contribution in [0.1, 0.15) is 0 Å². The topological polar surface area (TPSA) is 48.1 Å². The Kier molecular flexibility index (Phi) is 3.20. The highest BCUT2D eigenvalue weighted by Crippen LogP contribution is 2.40. The summed E-state index contributed by atoms with van der Waals surface area (Å²) in [6, 6.07) is 13.2. The van der Waals surface area contributed by atoms with Gasteiger partial charge in [-0.3, -0.25) is 4.98 Å². The lowest BCUT2D eigenvalue weighted by Gasteiger charge is -2.13. The Labute approximate surface area is 122 Å². The van der Waals surface area contributed by atoms with Crippen molar-refractivity contribution in [3.8, 4) is 16.9 Å². The second-order valence-corrected chi connectivity index (χ2v) is 4.86. The number of ether oxygens (including phenoxy) is 1. The first-order valence-electron chi connectivity index (χ1n) is 6.18. The Morgan fingerprint density at radius 2 is 2.00 bits per heavy atom. The molecule has 3 aromatic rings. The summed E-state index contributed by atoms with van der Waals surface area (Å²) in [5.74, 6) is 0.727. The lowest BCUT2D eigenvalue weighted by atomic mass is 10.0. The van der Waals surface area contributed by atoms with Crippen molar-refractivity contribution in [1.82, 2.24) is 4.98 Å². The second-order valence-electron chi connectivity index (χ2n) is 4.45. The van der Waals surface area contributed by atoms with Gasteiger partial charge in [0.1, 0.15) is 5.75 Å². The number of anilines is 1. The number of hydrogen-bond donors (Lipinski definition) is 1. The lowest BCUT2D eigenvalue weighted by Crippen LogP contribution is -1.95. The molecule has 20 heavy (non-hydrogen) atoms. The molecule has 0 saturated carbocycles. The minimum atomic E-state index is 0.596. The molecule has 3 nitrogen and oxygen atoms in total. The van der Waals surface area contributed by atoms with Gasteiger partial charge in [-0.2, -0.15) is 0 Å². The van der Waals surface area contributed by atoms with Gasteiger partial charge in [0, 0.05) is 28.4 Å². The van der Waals surface area contributed by atoms with Crippen LogP contribution in [0.3, 0.4) is 0 Å². The van der Waals surface area contributed by atoms with Crippen LogP contribution in [0, 0.1) is 0 Å². The first kappa shape index (κ1) is 12.8. The minimum absolute atomic E-state index is 0.596. The Bertz CT molecular complexity index is 766. The fraction of sp³-hybridized carbons (Fsp3) is 0.0625. The number of hydrogen-bond acceptors (Lipinski definition) is 3. The Hall–Kier alpha value is -2.26. The van der Waals surface area contributed by atoms with Gasteiger partial charge in [0.25, 0.3) is 0 Å². The molecule has 0 bridgehead atoms. The quantitative estimate of drug-likeness (QED) is 0.719. The number of aromatic nitrogens is 1. The van der Waals surface area contributed by atoms with E-state index in [0.717, 1.165) is 27.8 Å². The summed E-state index contributed by atoms with van der Waals surface area (Å²) in [5, 5.41) is 1.61. The molecular weight excluding hydrogens is 272 g/mol. The van der Waals surface area contributed by atoms with E-state index in [-0.39, 0.29) is 0 Å². The number of pyridine rings is 1. The minimum Gasteiger partial charge on any atom is -0.496 e. The number of fused-ring (bicyclic) bond motifs is 1. The molecule has 2 N–H and O–H groups in total.